The minimum absolute atomic E-state index is 0.104. The molecular weight excluding hydrogens is 261 g/mol. The van der Waals surface area contributed by atoms with E-state index in [-0.39, 0.29) is 23.8 Å². The van der Waals surface area contributed by atoms with E-state index in [1.807, 2.05) is 0 Å². The lowest BCUT2D eigenvalue weighted by Gasteiger charge is -2.10. The summed E-state index contributed by atoms with van der Waals surface area (Å²) in [5, 5.41) is 9.03. The molecule has 102 valence electrons. The lowest BCUT2D eigenvalue weighted by molar-refractivity contribution is 0.198. The van der Waals surface area contributed by atoms with E-state index in [9.17, 15) is 12.8 Å². The Hall–Kier alpha value is -1.18. The van der Waals surface area contributed by atoms with Crippen LogP contribution in [0.15, 0.2) is 23.1 Å². The van der Waals surface area contributed by atoms with Gasteiger partial charge in [-0.3, -0.25) is 0 Å². The first kappa shape index (κ1) is 14.9. The van der Waals surface area contributed by atoms with Crippen molar-refractivity contribution in [2.24, 2.45) is 0 Å². The van der Waals surface area contributed by atoms with Crippen LogP contribution in [0.1, 0.15) is 13.8 Å². The Morgan fingerprint density at radius 1 is 1.50 bits per heavy atom. The quantitative estimate of drug-likeness (QED) is 0.809. The normalized spacial score (nSPS) is 13.3. The van der Waals surface area contributed by atoms with Crippen molar-refractivity contribution in [2.45, 2.75) is 24.8 Å². The summed E-state index contributed by atoms with van der Waals surface area (Å²) in [6.45, 7) is 3.26. The molecule has 18 heavy (non-hydrogen) atoms. The van der Waals surface area contributed by atoms with Gasteiger partial charge in [0, 0.05) is 12.6 Å². The number of benzene rings is 1. The summed E-state index contributed by atoms with van der Waals surface area (Å²) in [4.78, 5) is -0.104. The highest BCUT2D eigenvalue weighted by Gasteiger charge is 2.17. The summed E-state index contributed by atoms with van der Waals surface area (Å²) < 4.78 is 44.1. The van der Waals surface area contributed by atoms with Crippen LogP contribution in [0.25, 0.3) is 0 Å². The molecule has 0 amide bonds. The molecule has 7 heteroatoms. The smallest absolute Gasteiger partial charge is 0.240 e. The largest absolute Gasteiger partial charge is 0.491 e. The van der Waals surface area contributed by atoms with Crippen molar-refractivity contribution < 1.29 is 22.7 Å². The molecule has 0 unspecified atom stereocenters. The van der Waals surface area contributed by atoms with E-state index >= 15 is 0 Å². The van der Waals surface area contributed by atoms with Gasteiger partial charge < -0.3 is 9.84 Å². The standard InChI is InChI=1S/C11H16FNO4S/c1-3-17-11-6-9(4-5-10(11)12)18(15,16)13-7-8(2)14/h4-6,8,13-14H,3,7H2,1-2H3/t8-/m0/s1. The number of aliphatic hydroxyl groups is 1. The molecule has 0 aliphatic carbocycles. The Morgan fingerprint density at radius 3 is 2.72 bits per heavy atom. The van der Waals surface area contributed by atoms with Gasteiger partial charge in [0.1, 0.15) is 0 Å². The Bertz CT molecular complexity index is 502. The highest BCUT2D eigenvalue weighted by atomic mass is 32.2. The first-order chi connectivity index (χ1) is 8.36. The third kappa shape index (κ3) is 3.94. The predicted molar refractivity (Wildman–Crippen MR) is 64.4 cm³/mol. The summed E-state index contributed by atoms with van der Waals surface area (Å²) in [5.41, 5.74) is 0. The predicted octanol–water partition coefficient (Wildman–Crippen LogP) is 0.883. The van der Waals surface area contributed by atoms with Gasteiger partial charge in [0.15, 0.2) is 11.6 Å². The number of aliphatic hydroxyl groups excluding tert-OH is 1. The minimum Gasteiger partial charge on any atom is -0.491 e. The van der Waals surface area contributed by atoms with Crippen LogP contribution in [0.3, 0.4) is 0 Å². The van der Waals surface area contributed by atoms with E-state index in [1.54, 1.807) is 6.92 Å². The van der Waals surface area contributed by atoms with E-state index in [2.05, 4.69) is 4.72 Å². The van der Waals surface area contributed by atoms with Crippen LogP contribution in [0, 0.1) is 5.82 Å². The van der Waals surface area contributed by atoms with Crippen LogP contribution >= 0.6 is 0 Å². The van der Waals surface area contributed by atoms with Gasteiger partial charge in [0.2, 0.25) is 10.0 Å². The van der Waals surface area contributed by atoms with Crippen molar-refractivity contribution in [3.8, 4) is 5.75 Å². The summed E-state index contributed by atoms with van der Waals surface area (Å²) in [7, 11) is -3.77. The number of hydrogen-bond acceptors (Lipinski definition) is 4. The van der Waals surface area contributed by atoms with Crippen LogP contribution in [0.2, 0.25) is 0 Å². The molecule has 0 saturated heterocycles. The first-order valence-electron chi connectivity index (χ1n) is 5.47. The van der Waals surface area contributed by atoms with Gasteiger partial charge in [-0.25, -0.2) is 17.5 Å². The maximum absolute atomic E-state index is 13.3. The third-order valence-electron chi connectivity index (χ3n) is 2.08. The SMILES string of the molecule is CCOc1cc(S(=O)(=O)NC[C@H](C)O)ccc1F. The molecule has 1 atom stereocenters. The monoisotopic (exact) mass is 277 g/mol. The lowest BCUT2D eigenvalue weighted by atomic mass is 10.3. The van der Waals surface area contributed by atoms with E-state index in [0.29, 0.717) is 0 Å². The zero-order valence-electron chi connectivity index (χ0n) is 10.2. The fourth-order valence-electron chi connectivity index (χ4n) is 1.23. The first-order valence-corrected chi connectivity index (χ1v) is 6.95. The Balaban J connectivity index is 2.98. The second-order valence-electron chi connectivity index (χ2n) is 3.73. The third-order valence-corrected chi connectivity index (χ3v) is 3.50. The van der Waals surface area contributed by atoms with Gasteiger partial charge in [-0.05, 0) is 26.0 Å². The van der Waals surface area contributed by atoms with Gasteiger partial charge in [-0.1, -0.05) is 0 Å². The number of hydrogen-bond donors (Lipinski definition) is 2. The molecule has 0 aromatic heterocycles. The maximum atomic E-state index is 13.3. The lowest BCUT2D eigenvalue weighted by Crippen LogP contribution is -2.30. The average Bonchev–Trinajstić information content (AvgIpc) is 2.29. The molecule has 0 radical (unpaired) electrons. The molecule has 1 rings (SSSR count). The van der Waals surface area contributed by atoms with Gasteiger partial charge in [-0.15, -0.1) is 0 Å². The molecule has 5 nitrogen and oxygen atoms in total. The summed E-state index contributed by atoms with van der Waals surface area (Å²) in [5.74, 6) is -0.733. The zero-order valence-corrected chi connectivity index (χ0v) is 11.0. The van der Waals surface area contributed by atoms with E-state index in [4.69, 9.17) is 9.84 Å². The Morgan fingerprint density at radius 2 is 2.17 bits per heavy atom. The topological polar surface area (TPSA) is 75.6 Å². The fraction of sp³-hybridized carbons (Fsp3) is 0.455. The van der Waals surface area contributed by atoms with Crippen molar-refractivity contribution in [2.75, 3.05) is 13.2 Å². The van der Waals surface area contributed by atoms with Gasteiger partial charge in [0.05, 0.1) is 17.6 Å². The van der Waals surface area contributed by atoms with Gasteiger partial charge in [0.25, 0.3) is 0 Å². The van der Waals surface area contributed by atoms with E-state index < -0.39 is 21.9 Å². The second kappa shape index (κ2) is 6.12. The van der Waals surface area contributed by atoms with Crippen LogP contribution in [0.5, 0.6) is 5.75 Å². The van der Waals surface area contributed by atoms with Crippen LogP contribution in [-0.4, -0.2) is 32.8 Å². The zero-order chi connectivity index (χ0) is 13.8. The Labute approximate surface area is 106 Å². The molecule has 0 heterocycles. The van der Waals surface area contributed by atoms with Gasteiger partial charge >= 0.3 is 0 Å². The Kier molecular flexibility index (Phi) is 5.06. The minimum atomic E-state index is -3.77. The molecule has 0 saturated carbocycles. The number of halogens is 1. The molecule has 0 aliphatic rings. The number of rotatable bonds is 6. The highest BCUT2D eigenvalue weighted by molar-refractivity contribution is 7.89. The van der Waals surface area contributed by atoms with E-state index in [0.717, 1.165) is 18.2 Å². The molecular formula is C11H16FNO4S. The van der Waals surface area contributed by atoms with Crippen molar-refractivity contribution in [3.63, 3.8) is 0 Å². The summed E-state index contributed by atoms with van der Waals surface area (Å²) >= 11 is 0. The average molecular weight is 277 g/mol. The molecule has 1 aromatic rings. The maximum Gasteiger partial charge on any atom is 0.240 e. The van der Waals surface area contributed by atoms with Crippen molar-refractivity contribution in [3.05, 3.63) is 24.0 Å². The van der Waals surface area contributed by atoms with Crippen molar-refractivity contribution >= 4 is 10.0 Å². The van der Waals surface area contributed by atoms with Crippen LogP contribution in [-0.2, 0) is 10.0 Å². The van der Waals surface area contributed by atoms with Gasteiger partial charge in [-0.2, -0.15) is 0 Å². The molecule has 0 fully saturated rings. The number of ether oxygens (including phenoxy) is 1. The van der Waals surface area contributed by atoms with E-state index in [1.165, 1.54) is 6.92 Å². The van der Waals surface area contributed by atoms with Crippen molar-refractivity contribution in [1.82, 2.24) is 4.72 Å². The number of nitrogens with one attached hydrogen (secondary N) is 1. The second-order valence-corrected chi connectivity index (χ2v) is 5.49. The van der Waals surface area contributed by atoms with Crippen molar-refractivity contribution in [1.29, 1.82) is 0 Å². The molecule has 2 N–H and O–H groups in total. The molecule has 1 aromatic carbocycles. The molecule has 0 bridgehead atoms. The summed E-state index contributed by atoms with van der Waals surface area (Å²) in [6.07, 6.45) is -0.799. The summed E-state index contributed by atoms with van der Waals surface area (Å²) in [6, 6.07) is 3.29. The molecule has 0 aliphatic heterocycles. The fourth-order valence-corrected chi connectivity index (χ4v) is 2.37. The highest BCUT2D eigenvalue weighted by Crippen LogP contribution is 2.21. The molecule has 0 spiro atoms. The van der Waals surface area contributed by atoms with Crippen LogP contribution in [0.4, 0.5) is 4.39 Å². The van der Waals surface area contributed by atoms with Crippen LogP contribution < -0.4 is 9.46 Å². The number of sulfonamides is 1.